The van der Waals surface area contributed by atoms with Crippen molar-refractivity contribution in [2.24, 2.45) is 0 Å². The van der Waals surface area contributed by atoms with Gasteiger partial charge in [-0.2, -0.15) is 0 Å². The number of piperidine rings is 2. The molecule has 0 radical (unpaired) electrons. The second-order valence-electron chi connectivity index (χ2n) is 5.11. The highest BCUT2D eigenvalue weighted by molar-refractivity contribution is 6.32. The lowest BCUT2D eigenvalue weighted by Crippen LogP contribution is -2.49. The number of rotatable bonds is 1. The number of methoxy groups -OCH3 is 1. The molecule has 0 bridgehead atoms. The Morgan fingerprint density at radius 2 is 1.61 bits per heavy atom. The van der Waals surface area contributed by atoms with Crippen LogP contribution in [0.4, 0.5) is 0 Å². The van der Waals surface area contributed by atoms with Crippen LogP contribution in [-0.2, 0) is 14.3 Å². The molecule has 0 N–H and O–H groups in total. The van der Waals surface area contributed by atoms with Gasteiger partial charge in [-0.15, -0.1) is 0 Å². The monoisotopic (exact) mass is 254 g/mol. The van der Waals surface area contributed by atoms with E-state index in [1.807, 2.05) is 0 Å². The molecule has 102 valence electrons. The van der Waals surface area contributed by atoms with E-state index >= 15 is 0 Å². The molecule has 5 heteroatoms. The minimum absolute atomic E-state index is 0.491. The van der Waals surface area contributed by atoms with Crippen LogP contribution in [-0.4, -0.2) is 61.0 Å². The molecule has 0 aromatic heterocycles. The lowest BCUT2D eigenvalue weighted by atomic mass is 10.00. The molecule has 0 spiro atoms. The largest absolute Gasteiger partial charge is 0.462 e. The number of esters is 1. The average Bonchev–Trinajstić information content (AvgIpc) is 2.47. The van der Waals surface area contributed by atoms with Gasteiger partial charge in [-0.3, -0.25) is 4.79 Å². The van der Waals surface area contributed by atoms with Gasteiger partial charge in [0.15, 0.2) is 0 Å². The fourth-order valence-electron chi connectivity index (χ4n) is 2.93. The van der Waals surface area contributed by atoms with E-state index < -0.39 is 11.9 Å². The molecule has 2 aliphatic rings. The lowest BCUT2D eigenvalue weighted by molar-refractivity contribution is -0.159. The molecule has 0 aromatic carbocycles. The number of amides is 1. The predicted molar refractivity (Wildman–Crippen MR) is 67.0 cm³/mol. The van der Waals surface area contributed by atoms with Gasteiger partial charge in [-0.1, -0.05) is 6.42 Å². The third-order valence-electron chi connectivity index (χ3n) is 4.02. The van der Waals surface area contributed by atoms with E-state index in [1.54, 1.807) is 4.90 Å². The highest BCUT2D eigenvalue weighted by Gasteiger charge is 2.30. The van der Waals surface area contributed by atoms with Gasteiger partial charge < -0.3 is 14.5 Å². The maximum absolute atomic E-state index is 11.6. The number of ether oxygens (including phenoxy) is 1. The Bertz CT molecular complexity index is 305. The van der Waals surface area contributed by atoms with Crippen LogP contribution in [0.25, 0.3) is 0 Å². The molecule has 1 amide bonds. The van der Waals surface area contributed by atoms with Crippen molar-refractivity contribution in [2.75, 3.05) is 33.3 Å². The Labute approximate surface area is 108 Å². The molecule has 5 nitrogen and oxygen atoms in total. The molecular weight excluding hydrogens is 232 g/mol. The predicted octanol–water partition coefficient (Wildman–Crippen LogP) is 0.636. The van der Waals surface area contributed by atoms with E-state index in [0.717, 1.165) is 12.8 Å². The van der Waals surface area contributed by atoms with Crippen LogP contribution in [0.5, 0.6) is 0 Å². The smallest absolute Gasteiger partial charge is 0.396 e. The molecule has 18 heavy (non-hydrogen) atoms. The fourth-order valence-corrected chi connectivity index (χ4v) is 2.93. The fraction of sp³-hybridized carbons (Fsp3) is 0.846. The molecule has 2 aliphatic heterocycles. The average molecular weight is 254 g/mol. The van der Waals surface area contributed by atoms with E-state index in [2.05, 4.69) is 9.64 Å². The van der Waals surface area contributed by atoms with E-state index in [9.17, 15) is 9.59 Å². The quantitative estimate of drug-likeness (QED) is 0.509. The molecule has 2 fully saturated rings. The van der Waals surface area contributed by atoms with Crippen molar-refractivity contribution in [1.29, 1.82) is 0 Å². The summed E-state index contributed by atoms with van der Waals surface area (Å²) in [6.45, 7) is 3.73. The topological polar surface area (TPSA) is 49.9 Å². The summed E-state index contributed by atoms with van der Waals surface area (Å²) in [5, 5.41) is 0. The van der Waals surface area contributed by atoms with Gasteiger partial charge in [0.25, 0.3) is 0 Å². The minimum Gasteiger partial charge on any atom is -0.462 e. The van der Waals surface area contributed by atoms with Crippen molar-refractivity contribution in [3.63, 3.8) is 0 Å². The summed E-state index contributed by atoms with van der Waals surface area (Å²) < 4.78 is 4.47. The molecule has 2 heterocycles. The van der Waals surface area contributed by atoms with Crippen LogP contribution in [0.15, 0.2) is 0 Å². The maximum atomic E-state index is 11.6. The molecule has 0 atom stereocenters. The van der Waals surface area contributed by atoms with Gasteiger partial charge in [0.1, 0.15) is 0 Å². The van der Waals surface area contributed by atoms with Gasteiger partial charge in [0.05, 0.1) is 7.11 Å². The molecule has 0 unspecified atom stereocenters. The van der Waals surface area contributed by atoms with Crippen LogP contribution >= 0.6 is 0 Å². The van der Waals surface area contributed by atoms with Crippen LogP contribution in [0.2, 0.25) is 0 Å². The van der Waals surface area contributed by atoms with Gasteiger partial charge in [0.2, 0.25) is 0 Å². The Balaban J connectivity index is 1.80. The number of hydrogen-bond acceptors (Lipinski definition) is 4. The van der Waals surface area contributed by atoms with E-state index in [1.165, 1.54) is 39.5 Å². The van der Waals surface area contributed by atoms with Crippen molar-refractivity contribution >= 4 is 11.9 Å². The Hall–Kier alpha value is -1.10. The van der Waals surface area contributed by atoms with Crippen LogP contribution in [0.1, 0.15) is 32.1 Å². The lowest BCUT2D eigenvalue weighted by Gasteiger charge is -2.39. The summed E-state index contributed by atoms with van der Waals surface area (Å²) in [4.78, 5) is 27.0. The maximum Gasteiger partial charge on any atom is 0.396 e. The van der Waals surface area contributed by atoms with E-state index in [4.69, 9.17) is 0 Å². The first-order chi connectivity index (χ1) is 8.72. The highest BCUT2D eigenvalue weighted by atomic mass is 16.5. The first-order valence-corrected chi connectivity index (χ1v) is 6.83. The molecule has 0 aromatic rings. The number of nitrogens with zero attached hydrogens (tertiary/aromatic N) is 2. The number of hydrogen-bond donors (Lipinski definition) is 0. The third-order valence-corrected chi connectivity index (χ3v) is 4.02. The Morgan fingerprint density at radius 1 is 1.00 bits per heavy atom. The van der Waals surface area contributed by atoms with Crippen molar-refractivity contribution in [3.05, 3.63) is 0 Å². The number of carbonyl (C=O) groups is 2. The minimum atomic E-state index is -0.744. The first kappa shape index (κ1) is 13.3. The van der Waals surface area contributed by atoms with Crippen LogP contribution < -0.4 is 0 Å². The molecule has 2 saturated heterocycles. The van der Waals surface area contributed by atoms with Crippen molar-refractivity contribution in [2.45, 2.75) is 38.1 Å². The Kier molecular flexibility index (Phi) is 4.58. The summed E-state index contributed by atoms with van der Waals surface area (Å²) in [5.74, 6) is -1.24. The molecule has 0 aliphatic carbocycles. The third kappa shape index (κ3) is 3.02. The summed E-state index contributed by atoms with van der Waals surface area (Å²) in [5.41, 5.74) is 0. The number of carbonyl (C=O) groups excluding carboxylic acids is 2. The van der Waals surface area contributed by atoms with Crippen LogP contribution in [0, 0.1) is 0 Å². The van der Waals surface area contributed by atoms with Crippen molar-refractivity contribution < 1.29 is 14.3 Å². The second-order valence-corrected chi connectivity index (χ2v) is 5.11. The summed E-state index contributed by atoms with van der Waals surface area (Å²) >= 11 is 0. The SMILES string of the molecule is COC(=O)C(=O)N1CCC(N2CCCCC2)CC1. The van der Waals surface area contributed by atoms with E-state index in [-0.39, 0.29) is 0 Å². The zero-order valence-corrected chi connectivity index (χ0v) is 11.1. The van der Waals surface area contributed by atoms with Crippen molar-refractivity contribution in [1.82, 2.24) is 9.80 Å². The van der Waals surface area contributed by atoms with Crippen molar-refractivity contribution in [3.8, 4) is 0 Å². The number of likely N-dealkylation sites (tertiary alicyclic amines) is 2. The summed E-state index contributed by atoms with van der Waals surface area (Å²) in [7, 11) is 1.25. The zero-order valence-electron chi connectivity index (χ0n) is 11.1. The van der Waals surface area contributed by atoms with E-state index in [0.29, 0.717) is 19.1 Å². The van der Waals surface area contributed by atoms with Gasteiger partial charge in [-0.05, 0) is 38.8 Å². The Morgan fingerprint density at radius 3 is 2.17 bits per heavy atom. The first-order valence-electron chi connectivity index (χ1n) is 6.83. The molecular formula is C13H22N2O3. The standard InChI is InChI=1S/C13H22N2O3/c1-18-13(17)12(16)15-9-5-11(6-10-15)14-7-3-2-4-8-14/h11H,2-10H2,1H3. The van der Waals surface area contributed by atoms with Gasteiger partial charge in [0, 0.05) is 19.1 Å². The molecule has 0 saturated carbocycles. The normalized spacial score (nSPS) is 22.8. The summed E-state index contributed by atoms with van der Waals surface area (Å²) in [6.07, 6.45) is 5.88. The van der Waals surface area contributed by atoms with Crippen LogP contribution in [0.3, 0.4) is 0 Å². The van der Waals surface area contributed by atoms with Gasteiger partial charge in [-0.25, -0.2) is 4.79 Å². The molecule has 2 rings (SSSR count). The van der Waals surface area contributed by atoms with Gasteiger partial charge >= 0.3 is 11.9 Å². The summed E-state index contributed by atoms with van der Waals surface area (Å²) in [6, 6.07) is 0.590. The highest BCUT2D eigenvalue weighted by Crippen LogP contribution is 2.20. The second kappa shape index (κ2) is 6.18. The zero-order chi connectivity index (χ0) is 13.0.